The highest BCUT2D eigenvalue weighted by atomic mass is 32.1. The molecule has 3 nitrogen and oxygen atoms in total. The van der Waals surface area contributed by atoms with Gasteiger partial charge in [0.2, 0.25) is 0 Å². The average Bonchev–Trinajstić information content (AvgIpc) is 2.12. The van der Waals surface area contributed by atoms with Gasteiger partial charge in [0.05, 0.1) is 11.3 Å². The van der Waals surface area contributed by atoms with E-state index in [1.807, 2.05) is 19.9 Å². The quantitative estimate of drug-likeness (QED) is 0.853. The molecule has 0 aliphatic heterocycles. The summed E-state index contributed by atoms with van der Waals surface area (Å²) in [5.41, 5.74) is 9.90. The summed E-state index contributed by atoms with van der Waals surface area (Å²) in [4.78, 5) is 7.06. The van der Waals surface area contributed by atoms with Gasteiger partial charge < -0.3 is 10.6 Å². The van der Waals surface area contributed by atoms with Crippen molar-refractivity contribution in [2.24, 2.45) is 11.1 Å². The second-order valence-corrected chi connectivity index (χ2v) is 6.46. The molecule has 0 atom stereocenters. The van der Waals surface area contributed by atoms with Crippen LogP contribution in [0.15, 0.2) is 6.07 Å². The number of pyridine rings is 1. The highest BCUT2D eigenvalue weighted by Gasteiger charge is 2.19. The molecule has 1 aromatic heterocycles. The van der Waals surface area contributed by atoms with E-state index >= 15 is 0 Å². The average molecular weight is 265 g/mol. The molecule has 4 heteroatoms. The fourth-order valence-corrected chi connectivity index (χ4v) is 2.46. The monoisotopic (exact) mass is 265 g/mol. The van der Waals surface area contributed by atoms with Crippen LogP contribution in [-0.2, 0) is 0 Å². The fraction of sp³-hybridized carbons (Fsp3) is 0.571. The topological polar surface area (TPSA) is 42.1 Å². The van der Waals surface area contributed by atoms with Crippen molar-refractivity contribution in [2.75, 3.05) is 18.5 Å². The molecule has 0 amide bonds. The van der Waals surface area contributed by atoms with Crippen molar-refractivity contribution in [3.8, 4) is 0 Å². The number of thiocarbonyl (C=S) groups is 1. The van der Waals surface area contributed by atoms with Gasteiger partial charge in [0.15, 0.2) is 0 Å². The van der Waals surface area contributed by atoms with E-state index in [4.69, 9.17) is 18.0 Å². The molecule has 0 aliphatic rings. The van der Waals surface area contributed by atoms with Crippen LogP contribution in [0.25, 0.3) is 0 Å². The van der Waals surface area contributed by atoms with Gasteiger partial charge in [-0.3, -0.25) is 4.98 Å². The number of anilines is 1. The Bertz CT molecular complexity index is 461. The van der Waals surface area contributed by atoms with Crippen molar-refractivity contribution >= 4 is 22.9 Å². The maximum atomic E-state index is 5.83. The summed E-state index contributed by atoms with van der Waals surface area (Å²) in [6.45, 7) is 11.5. The highest BCUT2D eigenvalue weighted by molar-refractivity contribution is 7.80. The Morgan fingerprint density at radius 1 is 1.39 bits per heavy atom. The molecular formula is C14H23N3S. The number of hydrogen-bond donors (Lipinski definition) is 1. The maximum Gasteiger partial charge on any atom is 0.107 e. The first-order valence-electron chi connectivity index (χ1n) is 6.11. The summed E-state index contributed by atoms with van der Waals surface area (Å²) in [6.07, 6.45) is 0. The van der Waals surface area contributed by atoms with Gasteiger partial charge >= 0.3 is 0 Å². The predicted molar refractivity (Wildman–Crippen MR) is 82.3 cm³/mol. The first kappa shape index (κ1) is 14.9. The van der Waals surface area contributed by atoms with Crippen LogP contribution in [0, 0.1) is 19.3 Å². The predicted octanol–water partition coefficient (Wildman–Crippen LogP) is 2.81. The first-order valence-corrected chi connectivity index (χ1v) is 6.52. The minimum absolute atomic E-state index is 0.216. The van der Waals surface area contributed by atoms with Crippen LogP contribution >= 0.6 is 12.2 Å². The summed E-state index contributed by atoms with van der Waals surface area (Å²) in [5, 5.41) is 0. The zero-order valence-electron chi connectivity index (χ0n) is 12.2. The normalized spacial score (nSPS) is 11.4. The molecule has 18 heavy (non-hydrogen) atoms. The SMILES string of the molecule is Cc1cc(N(C)CC(C)(C)C)c(C(N)=S)c(C)n1. The summed E-state index contributed by atoms with van der Waals surface area (Å²) in [7, 11) is 2.07. The number of rotatable bonds is 3. The van der Waals surface area contributed by atoms with Crippen LogP contribution < -0.4 is 10.6 Å². The highest BCUT2D eigenvalue weighted by Crippen LogP contribution is 2.26. The number of aryl methyl sites for hydroxylation is 2. The lowest BCUT2D eigenvalue weighted by atomic mass is 9.95. The molecule has 1 aromatic rings. The third-order valence-corrected chi connectivity index (χ3v) is 2.88. The molecule has 0 aliphatic carbocycles. The molecule has 2 N–H and O–H groups in total. The van der Waals surface area contributed by atoms with Gasteiger partial charge in [0, 0.05) is 25.0 Å². The van der Waals surface area contributed by atoms with Crippen molar-refractivity contribution in [3.05, 3.63) is 23.0 Å². The van der Waals surface area contributed by atoms with E-state index in [0.717, 1.165) is 29.2 Å². The van der Waals surface area contributed by atoms with Crippen molar-refractivity contribution in [2.45, 2.75) is 34.6 Å². The zero-order chi connectivity index (χ0) is 14.1. The number of aromatic nitrogens is 1. The summed E-state index contributed by atoms with van der Waals surface area (Å²) < 4.78 is 0. The van der Waals surface area contributed by atoms with Crippen LogP contribution in [0.5, 0.6) is 0 Å². The molecule has 0 unspecified atom stereocenters. The summed E-state index contributed by atoms with van der Waals surface area (Å²) >= 11 is 5.15. The molecule has 0 fully saturated rings. The van der Waals surface area contributed by atoms with Gasteiger partial charge in [-0.15, -0.1) is 0 Å². The Balaban J connectivity index is 3.26. The molecule has 0 bridgehead atoms. The van der Waals surface area contributed by atoms with Crippen molar-refractivity contribution in [1.29, 1.82) is 0 Å². The standard InChI is InChI=1S/C14H23N3S/c1-9-7-11(17(6)8-14(3,4)5)12(13(15)18)10(2)16-9/h7H,8H2,1-6H3,(H2,15,18). The molecule has 0 radical (unpaired) electrons. The molecule has 1 heterocycles. The van der Waals surface area contributed by atoms with E-state index in [1.54, 1.807) is 0 Å². The van der Waals surface area contributed by atoms with E-state index in [2.05, 4.69) is 37.7 Å². The molecule has 1 rings (SSSR count). The largest absolute Gasteiger partial charge is 0.389 e. The smallest absolute Gasteiger partial charge is 0.107 e. The lowest BCUT2D eigenvalue weighted by Gasteiger charge is -2.30. The minimum atomic E-state index is 0.216. The lowest BCUT2D eigenvalue weighted by molar-refractivity contribution is 0.419. The van der Waals surface area contributed by atoms with Crippen molar-refractivity contribution in [3.63, 3.8) is 0 Å². The van der Waals surface area contributed by atoms with Crippen LogP contribution in [0.4, 0.5) is 5.69 Å². The Kier molecular flexibility index (Phi) is 4.32. The molecular weight excluding hydrogens is 242 g/mol. The van der Waals surface area contributed by atoms with Gasteiger partial charge in [-0.1, -0.05) is 33.0 Å². The second-order valence-electron chi connectivity index (χ2n) is 6.02. The summed E-state index contributed by atoms with van der Waals surface area (Å²) in [5.74, 6) is 0. The van der Waals surface area contributed by atoms with Gasteiger partial charge in [-0.2, -0.15) is 0 Å². The van der Waals surface area contributed by atoms with E-state index in [9.17, 15) is 0 Å². The fourth-order valence-electron chi connectivity index (χ4n) is 2.21. The van der Waals surface area contributed by atoms with Crippen LogP contribution in [-0.4, -0.2) is 23.6 Å². The zero-order valence-corrected chi connectivity index (χ0v) is 13.0. The minimum Gasteiger partial charge on any atom is -0.389 e. The third kappa shape index (κ3) is 3.67. The number of nitrogens with zero attached hydrogens (tertiary/aromatic N) is 2. The lowest BCUT2D eigenvalue weighted by Crippen LogP contribution is -2.31. The van der Waals surface area contributed by atoms with Gasteiger partial charge in [0.25, 0.3) is 0 Å². The van der Waals surface area contributed by atoms with Gasteiger partial charge in [0.1, 0.15) is 4.99 Å². The van der Waals surface area contributed by atoms with Gasteiger partial charge in [-0.05, 0) is 25.3 Å². The molecule has 0 aromatic carbocycles. The maximum absolute atomic E-state index is 5.83. The van der Waals surface area contributed by atoms with Crippen LogP contribution in [0.2, 0.25) is 0 Å². The number of nitrogens with two attached hydrogens (primary N) is 1. The molecule has 100 valence electrons. The molecule has 0 saturated heterocycles. The third-order valence-electron chi connectivity index (χ3n) is 2.68. The Hall–Kier alpha value is -1.16. The van der Waals surface area contributed by atoms with Gasteiger partial charge in [-0.25, -0.2) is 0 Å². The van der Waals surface area contributed by atoms with E-state index in [0.29, 0.717) is 4.99 Å². The molecule has 0 saturated carbocycles. The van der Waals surface area contributed by atoms with E-state index in [1.165, 1.54) is 0 Å². The van der Waals surface area contributed by atoms with Crippen LogP contribution in [0.1, 0.15) is 37.7 Å². The Morgan fingerprint density at radius 3 is 2.39 bits per heavy atom. The summed E-state index contributed by atoms with van der Waals surface area (Å²) in [6, 6.07) is 2.05. The van der Waals surface area contributed by atoms with E-state index in [-0.39, 0.29) is 5.41 Å². The molecule has 0 spiro atoms. The number of hydrogen-bond acceptors (Lipinski definition) is 3. The van der Waals surface area contributed by atoms with Crippen molar-refractivity contribution < 1.29 is 0 Å². The van der Waals surface area contributed by atoms with Crippen LogP contribution in [0.3, 0.4) is 0 Å². The van der Waals surface area contributed by atoms with Crippen molar-refractivity contribution in [1.82, 2.24) is 4.98 Å². The second kappa shape index (κ2) is 5.22. The first-order chi connectivity index (χ1) is 8.11. The Morgan fingerprint density at radius 2 is 1.94 bits per heavy atom. The van der Waals surface area contributed by atoms with E-state index < -0.39 is 0 Å². The Labute approximate surface area is 115 Å².